The van der Waals surface area contributed by atoms with E-state index >= 15 is 0 Å². The Morgan fingerprint density at radius 1 is 0.391 bits per heavy atom. The Bertz CT molecular complexity index is 926. The average molecular weight is 639 g/mol. The van der Waals surface area contributed by atoms with Crippen molar-refractivity contribution in [1.82, 2.24) is 0 Å². The van der Waals surface area contributed by atoms with E-state index in [9.17, 15) is 0 Å². The molecule has 0 aliphatic heterocycles. The number of benzene rings is 2. The lowest BCUT2D eigenvalue weighted by atomic mass is 10.0. The molecule has 0 saturated carbocycles. The average Bonchev–Trinajstić information content (AvgIpc) is 3.07. The largest absolute Gasteiger partial charge is 0.494 e. The highest BCUT2D eigenvalue weighted by molar-refractivity contribution is 5.64. The fraction of sp³-hybridized carbons (Fsp3) is 0.714. The second kappa shape index (κ2) is 28.0. The minimum absolute atomic E-state index is 0.607. The van der Waals surface area contributed by atoms with Crippen LogP contribution < -0.4 is 9.47 Å². The quantitative estimate of drug-likeness (QED) is 0.0770. The highest BCUT2D eigenvalue weighted by atomic mass is 16.5. The summed E-state index contributed by atoms with van der Waals surface area (Å²) in [4.78, 5) is 0. The van der Waals surface area contributed by atoms with Gasteiger partial charge in [0.1, 0.15) is 11.5 Å². The highest BCUT2D eigenvalue weighted by Gasteiger charge is 2.06. The van der Waals surface area contributed by atoms with Crippen LogP contribution in [0.3, 0.4) is 0 Å². The first-order valence-corrected chi connectivity index (χ1v) is 19.2. The van der Waals surface area contributed by atoms with Gasteiger partial charge >= 0.3 is 0 Å². The van der Waals surface area contributed by atoms with Crippen molar-refractivity contribution in [3.8, 4) is 22.6 Å². The van der Waals surface area contributed by atoms with Crippen molar-refractivity contribution >= 4 is 0 Å². The molecule has 262 valence electrons. The van der Waals surface area contributed by atoms with Gasteiger partial charge in [-0.15, -0.1) is 0 Å². The second-order valence-electron chi connectivity index (χ2n) is 13.6. The molecule has 0 aliphatic rings. The number of hydrogen-bond donors (Lipinski definition) is 0. The van der Waals surface area contributed by atoms with E-state index in [0.717, 1.165) is 76.8 Å². The molecule has 2 unspecified atom stereocenters. The maximum absolute atomic E-state index is 6.05. The Morgan fingerprint density at radius 2 is 0.717 bits per heavy atom. The zero-order chi connectivity index (χ0) is 32.9. The fourth-order valence-electron chi connectivity index (χ4n) is 5.63. The summed E-state index contributed by atoms with van der Waals surface area (Å²) < 4.78 is 23.8. The van der Waals surface area contributed by atoms with Crippen molar-refractivity contribution < 1.29 is 18.9 Å². The minimum atomic E-state index is 0.607. The molecule has 46 heavy (non-hydrogen) atoms. The Balaban J connectivity index is 1.50. The molecule has 0 radical (unpaired) electrons. The zero-order valence-corrected chi connectivity index (χ0v) is 30.4. The van der Waals surface area contributed by atoms with Crippen LogP contribution in [0.15, 0.2) is 48.5 Å². The van der Waals surface area contributed by atoms with Crippen LogP contribution in [0.2, 0.25) is 0 Å². The van der Waals surface area contributed by atoms with Crippen molar-refractivity contribution in [2.24, 2.45) is 11.8 Å². The summed E-state index contributed by atoms with van der Waals surface area (Å²) in [5.41, 5.74) is 2.38. The highest BCUT2D eigenvalue weighted by Crippen LogP contribution is 2.25. The van der Waals surface area contributed by atoms with E-state index in [-0.39, 0.29) is 0 Å². The summed E-state index contributed by atoms with van der Waals surface area (Å²) in [6.45, 7) is 14.2. The third-order valence-electron chi connectivity index (χ3n) is 9.10. The number of unbranched alkanes of at least 4 members (excludes halogenated alkanes) is 12. The van der Waals surface area contributed by atoms with E-state index < -0.39 is 0 Å². The molecule has 0 heterocycles. The molecule has 4 nitrogen and oxygen atoms in total. The van der Waals surface area contributed by atoms with Gasteiger partial charge in [-0.2, -0.15) is 0 Å². The van der Waals surface area contributed by atoms with Gasteiger partial charge in [-0.25, -0.2) is 0 Å². The Morgan fingerprint density at radius 3 is 1.09 bits per heavy atom. The van der Waals surface area contributed by atoms with Crippen molar-refractivity contribution in [3.63, 3.8) is 0 Å². The Labute approximate surface area is 284 Å². The van der Waals surface area contributed by atoms with Gasteiger partial charge in [0.15, 0.2) is 0 Å². The van der Waals surface area contributed by atoms with Gasteiger partial charge in [0.25, 0.3) is 0 Å². The summed E-state index contributed by atoms with van der Waals surface area (Å²) in [5, 5.41) is 0. The van der Waals surface area contributed by atoms with E-state index in [2.05, 4.69) is 76.2 Å². The van der Waals surface area contributed by atoms with Crippen LogP contribution in [0.1, 0.15) is 143 Å². The van der Waals surface area contributed by atoms with Crippen LogP contribution in [0.25, 0.3) is 11.1 Å². The number of hydrogen-bond acceptors (Lipinski definition) is 4. The SMILES string of the molecule is CCCCCCCCCCOCCC(C)CCOc1ccc(-c2ccc(OCCC(C)CCOCCCCCCCC)cc2)cc1. The fourth-order valence-corrected chi connectivity index (χ4v) is 5.63. The maximum atomic E-state index is 6.05. The molecular formula is C42H70O4. The Hall–Kier alpha value is -2.04. The van der Waals surface area contributed by atoms with E-state index in [1.807, 2.05) is 0 Å². The summed E-state index contributed by atoms with van der Waals surface area (Å²) >= 11 is 0. The molecule has 0 amide bonds. The minimum Gasteiger partial charge on any atom is -0.494 e. The van der Waals surface area contributed by atoms with Gasteiger partial charge < -0.3 is 18.9 Å². The zero-order valence-electron chi connectivity index (χ0n) is 30.4. The molecule has 0 bridgehead atoms. The maximum Gasteiger partial charge on any atom is 0.119 e. The lowest BCUT2D eigenvalue weighted by Crippen LogP contribution is -2.08. The molecule has 0 aromatic heterocycles. The summed E-state index contributed by atoms with van der Waals surface area (Å²) in [6, 6.07) is 16.9. The normalized spacial score (nSPS) is 12.7. The number of rotatable bonds is 31. The van der Waals surface area contributed by atoms with Crippen LogP contribution in [0, 0.1) is 11.8 Å². The molecule has 2 aromatic carbocycles. The predicted octanol–water partition coefficient (Wildman–Crippen LogP) is 12.5. The molecule has 0 aliphatic carbocycles. The van der Waals surface area contributed by atoms with Gasteiger partial charge in [-0.3, -0.25) is 0 Å². The lowest BCUT2D eigenvalue weighted by Gasteiger charge is -2.13. The van der Waals surface area contributed by atoms with Crippen LogP contribution in [-0.4, -0.2) is 39.6 Å². The first-order chi connectivity index (χ1) is 22.6. The summed E-state index contributed by atoms with van der Waals surface area (Å²) in [6.07, 6.45) is 23.0. The van der Waals surface area contributed by atoms with E-state index in [0.29, 0.717) is 11.8 Å². The monoisotopic (exact) mass is 639 g/mol. The van der Waals surface area contributed by atoms with Gasteiger partial charge in [-0.1, -0.05) is 129 Å². The molecule has 0 spiro atoms. The lowest BCUT2D eigenvalue weighted by molar-refractivity contribution is 0.114. The topological polar surface area (TPSA) is 36.9 Å². The van der Waals surface area contributed by atoms with Gasteiger partial charge in [0.2, 0.25) is 0 Å². The van der Waals surface area contributed by atoms with Gasteiger partial charge in [0.05, 0.1) is 13.2 Å². The van der Waals surface area contributed by atoms with Crippen molar-refractivity contribution in [2.75, 3.05) is 39.6 Å². The van der Waals surface area contributed by atoms with E-state index in [4.69, 9.17) is 18.9 Å². The summed E-state index contributed by atoms with van der Waals surface area (Å²) in [5.74, 6) is 3.08. The van der Waals surface area contributed by atoms with Gasteiger partial charge in [0, 0.05) is 26.4 Å². The van der Waals surface area contributed by atoms with Crippen LogP contribution >= 0.6 is 0 Å². The first kappa shape index (κ1) is 40.1. The Kier molecular flexibility index (Phi) is 24.4. The van der Waals surface area contributed by atoms with Crippen LogP contribution in [-0.2, 0) is 9.47 Å². The predicted molar refractivity (Wildman–Crippen MR) is 197 cm³/mol. The molecule has 2 atom stereocenters. The second-order valence-corrected chi connectivity index (χ2v) is 13.6. The van der Waals surface area contributed by atoms with Crippen LogP contribution in [0.5, 0.6) is 11.5 Å². The number of ether oxygens (including phenoxy) is 4. The van der Waals surface area contributed by atoms with Crippen molar-refractivity contribution in [2.45, 2.75) is 143 Å². The first-order valence-electron chi connectivity index (χ1n) is 19.2. The van der Waals surface area contributed by atoms with Crippen molar-refractivity contribution in [3.05, 3.63) is 48.5 Å². The smallest absolute Gasteiger partial charge is 0.119 e. The van der Waals surface area contributed by atoms with Crippen LogP contribution in [0.4, 0.5) is 0 Å². The van der Waals surface area contributed by atoms with E-state index in [1.165, 1.54) is 101 Å². The molecule has 4 heteroatoms. The molecule has 0 fully saturated rings. The molecule has 2 rings (SSSR count). The summed E-state index contributed by atoms with van der Waals surface area (Å²) in [7, 11) is 0. The molecule has 2 aromatic rings. The van der Waals surface area contributed by atoms with Gasteiger partial charge in [-0.05, 0) is 85.8 Å². The third kappa shape index (κ3) is 21.0. The van der Waals surface area contributed by atoms with E-state index in [1.54, 1.807) is 0 Å². The molecule has 0 saturated heterocycles. The molecule has 0 N–H and O–H groups in total. The van der Waals surface area contributed by atoms with Crippen molar-refractivity contribution in [1.29, 1.82) is 0 Å². The third-order valence-corrected chi connectivity index (χ3v) is 9.10. The molecular weight excluding hydrogens is 568 g/mol. The standard InChI is InChI=1S/C42H70O4/c1-5-7-9-11-13-14-16-18-32-44-34-28-38(4)30-36-46-42-25-21-40(22-26-42)39-19-23-41(24-20-39)45-35-29-37(3)27-33-43-31-17-15-12-10-8-6-2/h19-26,37-38H,5-18,27-36H2,1-4H3.